The first-order valence-electron chi connectivity index (χ1n) is 7.52. The van der Waals surface area contributed by atoms with Gasteiger partial charge in [-0.15, -0.1) is 24.8 Å². The van der Waals surface area contributed by atoms with Crippen molar-refractivity contribution in [1.29, 1.82) is 0 Å². The summed E-state index contributed by atoms with van der Waals surface area (Å²) in [5.74, 6) is 1.92. The van der Waals surface area contributed by atoms with Gasteiger partial charge in [0.15, 0.2) is 0 Å². The molecule has 1 unspecified atom stereocenters. The summed E-state index contributed by atoms with van der Waals surface area (Å²) in [6, 6.07) is 0.282. The summed E-state index contributed by atoms with van der Waals surface area (Å²) in [6.45, 7) is 9.12. The molecule has 21 heavy (non-hydrogen) atoms. The molecule has 0 saturated carbocycles. The van der Waals surface area contributed by atoms with E-state index in [9.17, 15) is 4.79 Å². The molecule has 7 heteroatoms. The first-order valence-corrected chi connectivity index (χ1v) is 8.68. The molecule has 1 amide bonds. The second-order valence-electron chi connectivity index (χ2n) is 5.05. The fraction of sp³-hybridized carbons (Fsp3) is 0.929. The van der Waals surface area contributed by atoms with Crippen LogP contribution in [-0.2, 0) is 4.79 Å². The molecule has 0 aromatic heterocycles. The van der Waals surface area contributed by atoms with Crippen molar-refractivity contribution in [3.8, 4) is 0 Å². The number of hydrogen-bond donors (Lipinski definition) is 1. The number of amides is 1. The Balaban J connectivity index is 0. The summed E-state index contributed by atoms with van der Waals surface area (Å²) >= 11 is 1.75. The summed E-state index contributed by atoms with van der Waals surface area (Å²) < 4.78 is 0. The number of rotatable bonds is 8. The van der Waals surface area contributed by atoms with Gasteiger partial charge < -0.3 is 15.5 Å². The molecule has 2 N–H and O–H groups in total. The van der Waals surface area contributed by atoms with Gasteiger partial charge in [0, 0.05) is 31.4 Å². The van der Waals surface area contributed by atoms with Gasteiger partial charge in [0.1, 0.15) is 0 Å². The lowest BCUT2D eigenvalue weighted by molar-refractivity contribution is -0.131. The van der Waals surface area contributed by atoms with Crippen LogP contribution < -0.4 is 5.73 Å². The van der Waals surface area contributed by atoms with Crippen molar-refractivity contribution in [3.63, 3.8) is 0 Å². The van der Waals surface area contributed by atoms with Crippen LogP contribution in [0.2, 0.25) is 0 Å². The maximum absolute atomic E-state index is 12.2. The van der Waals surface area contributed by atoms with Crippen molar-refractivity contribution in [2.75, 3.05) is 44.2 Å². The molecule has 1 aliphatic heterocycles. The highest BCUT2D eigenvalue weighted by Gasteiger charge is 2.24. The Morgan fingerprint density at radius 2 is 1.95 bits per heavy atom. The zero-order valence-electron chi connectivity index (χ0n) is 13.3. The third-order valence-corrected chi connectivity index (χ3v) is 4.81. The molecule has 1 rings (SSSR count). The molecule has 1 saturated heterocycles. The lowest BCUT2D eigenvalue weighted by Gasteiger charge is -2.35. The van der Waals surface area contributed by atoms with Crippen LogP contribution in [0.5, 0.6) is 0 Å². The van der Waals surface area contributed by atoms with Crippen LogP contribution in [-0.4, -0.2) is 66.0 Å². The highest BCUT2D eigenvalue weighted by atomic mass is 35.5. The van der Waals surface area contributed by atoms with Crippen LogP contribution in [0.4, 0.5) is 0 Å². The van der Waals surface area contributed by atoms with E-state index in [0.717, 1.165) is 44.8 Å². The predicted octanol–water partition coefficient (Wildman–Crippen LogP) is 2.24. The summed E-state index contributed by atoms with van der Waals surface area (Å²) in [5.41, 5.74) is 5.75. The molecular formula is C14H31Cl2N3OS. The van der Waals surface area contributed by atoms with Gasteiger partial charge in [-0.05, 0) is 32.4 Å². The first-order chi connectivity index (χ1) is 9.22. The van der Waals surface area contributed by atoms with Crippen LogP contribution in [0.25, 0.3) is 0 Å². The van der Waals surface area contributed by atoms with Gasteiger partial charge in [-0.1, -0.05) is 13.8 Å². The van der Waals surface area contributed by atoms with E-state index in [0.29, 0.717) is 12.3 Å². The van der Waals surface area contributed by atoms with Gasteiger partial charge in [-0.25, -0.2) is 0 Å². The van der Waals surface area contributed by atoms with Crippen molar-refractivity contribution in [3.05, 3.63) is 0 Å². The average Bonchev–Trinajstić information content (AvgIpc) is 2.47. The van der Waals surface area contributed by atoms with Gasteiger partial charge in [0.25, 0.3) is 0 Å². The third kappa shape index (κ3) is 8.50. The zero-order chi connectivity index (χ0) is 14.1. The molecule has 0 aliphatic carbocycles. The van der Waals surface area contributed by atoms with E-state index in [-0.39, 0.29) is 36.8 Å². The highest BCUT2D eigenvalue weighted by Crippen LogP contribution is 2.17. The SMILES string of the molecule is CCN(CC)CCSCC(=O)N1CCCCC1CN.Cl.Cl. The number of halogens is 2. The lowest BCUT2D eigenvalue weighted by atomic mass is 10.0. The number of nitrogens with zero attached hydrogens (tertiary/aromatic N) is 2. The second-order valence-corrected chi connectivity index (χ2v) is 6.16. The third-order valence-electron chi connectivity index (χ3n) is 3.89. The van der Waals surface area contributed by atoms with Crippen LogP contribution in [0, 0.1) is 0 Å². The summed E-state index contributed by atoms with van der Waals surface area (Å²) in [7, 11) is 0. The molecule has 0 bridgehead atoms. The predicted molar refractivity (Wildman–Crippen MR) is 98.0 cm³/mol. The van der Waals surface area contributed by atoms with E-state index in [2.05, 4.69) is 18.7 Å². The summed E-state index contributed by atoms with van der Waals surface area (Å²) in [6.07, 6.45) is 3.42. The van der Waals surface area contributed by atoms with Crippen molar-refractivity contribution in [1.82, 2.24) is 9.80 Å². The van der Waals surface area contributed by atoms with Gasteiger partial charge in [-0.2, -0.15) is 11.8 Å². The molecular weight excluding hydrogens is 329 g/mol. The number of likely N-dealkylation sites (tertiary alicyclic amines) is 1. The lowest BCUT2D eigenvalue weighted by Crippen LogP contribution is -2.48. The number of piperidine rings is 1. The molecule has 1 heterocycles. The number of thioether (sulfide) groups is 1. The smallest absolute Gasteiger partial charge is 0.232 e. The largest absolute Gasteiger partial charge is 0.338 e. The Kier molecular flexibility index (Phi) is 15.7. The Morgan fingerprint density at radius 1 is 1.29 bits per heavy atom. The summed E-state index contributed by atoms with van der Waals surface area (Å²) in [4.78, 5) is 16.6. The maximum atomic E-state index is 12.2. The second kappa shape index (κ2) is 13.9. The number of hydrogen-bond acceptors (Lipinski definition) is 4. The number of nitrogens with two attached hydrogens (primary N) is 1. The van der Waals surface area contributed by atoms with Crippen molar-refractivity contribution in [2.24, 2.45) is 5.73 Å². The maximum Gasteiger partial charge on any atom is 0.232 e. The monoisotopic (exact) mass is 359 g/mol. The van der Waals surface area contributed by atoms with E-state index in [4.69, 9.17) is 5.73 Å². The molecule has 4 nitrogen and oxygen atoms in total. The molecule has 128 valence electrons. The molecule has 0 spiro atoms. The van der Waals surface area contributed by atoms with Crippen molar-refractivity contribution in [2.45, 2.75) is 39.2 Å². The first kappa shape index (κ1) is 23.6. The van der Waals surface area contributed by atoms with Crippen LogP contribution >= 0.6 is 36.6 Å². The molecule has 1 atom stereocenters. The van der Waals surface area contributed by atoms with Crippen LogP contribution in [0.15, 0.2) is 0 Å². The minimum atomic E-state index is 0. The van der Waals surface area contributed by atoms with Gasteiger partial charge in [0.2, 0.25) is 5.91 Å². The van der Waals surface area contributed by atoms with E-state index < -0.39 is 0 Å². The Hall–Kier alpha value is 0.320. The van der Waals surface area contributed by atoms with E-state index in [1.165, 1.54) is 6.42 Å². The number of carbonyl (C=O) groups is 1. The Bertz CT molecular complexity index is 269. The number of carbonyl (C=O) groups excluding carboxylic acids is 1. The van der Waals surface area contributed by atoms with Gasteiger partial charge in [0.05, 0.1) is 5.75 Å². The van der Waals surface area contributed by atoms with Crippen LogP contribution in [0.3, 0.4) is 0 Å². The molecule has 1 fully saturated rings. The van der Waals surface area contributed by atoms with E-state index in [1.807, 2.05) is 4.90 Å². The standard InChI is InChI=1S/C14H29N3OS.2ClH/c1-3-16(4-2)9-10-19-12-14(18)17-8-6-5-7-13(17)11-15;;/h13H,3-12,15H2,1-2H3;2*1H. The van der Waals surface area contributed by atoms with Crippen molar-refractivity contribution >= 4 is 42.5 Å². The topological polar surface area (TPSA) is 49.6 Å². The molecule has 0 radical (unpaired) electrons. The molecule has 0 aromatic carbocycles. The van der Waals surface area contributed by atoms with Gasteiger partial charge in [-0.3, -0.25) is 4.79 Å². The van der Waals surface area contributed by atoms with Crippen molar-refractivity contribution < 1.29 is 4.79 Å². The average molecular weight is 360 g/mol. The molecule has 1 aliphatic rings. The summed E-state index contributed by atoms with van der Waals surface area (Å²) in [5, 5.41) is 0. The van der Waals surface area contributed by atoms with Crippen LogP contribution in [0.1, 0.15) is 33.1 Å². The van der Waals surface area contributed by atoms with Gasteiger partial charge >= 0.3 is 0 Å². The molecule has 0 aromatic rings. The fourth-order valence-corrected chi connectivity index (χ4v) is 3.42. The zero-order valence-corrected chi connectivity index (χ0v) is 15.7. The van der Waals surface area contributed by atoms with E-state index in [1.54, 1.807) is 11.8 Å². The van der Waals surface area contributed by atoms with E-state index >= 15 is 0 Å². The fourth-order valence-electron chi connectivity index (χ4n) is 2.55. The highest BCUT2D eigenvalue weighted by molar-refractivity contribution is 7.99. The Morgan fingerprint density at radius 3 is 2.52 bits per heavy atom. The normalized spacial score (nSPS) is 18.1. The minimum Gasteiger partial charge on any atom is -0.338 e. The minimum absolute atomic E-state index is 0. The quantitative estimate of drug-likeness (QED) is 0.675. The Labute approximate surface area is 146 Å².